The number of rotatable bonds is 4. The highest BCUT2D eigenvalue weighted by Gasteiger charge is 2.22. The van der Waals surface area contributed by atoms with Gasteiger partial charge in [0, 0.05) is 0 Å². The number of benzene rings is 1. The first-order valence-electron chi connectivity index (χ1n) is 6.20. The lowest BCUT2D eigenvalue weighted by Gasteiger charge is -2.29. The van der Waals surface area contributed by atoms with Crippen LogP contribution in [0.1, 0.15) is 31.4 Å². The lowest BCUT2D eigenvalue weighted by Crippen LogP contribution is -2.30. The van der Waals surface area contributed by atoms with Gasteiger partial charge in [0.05, 0.1) is 26.4 Å². The van der Waals surface area contributed by atoms with E-state index in [9.17, 15) is 0 Å². The van der Waals surface area contributed by atoms with E-state index in [0.29, 0.717) is 13.2 Å². The van der Waals surface area contributed by atoms with E-state index in [1.165, 1.54) is 0 Å². The molecule has 3 nitrogen and oxygen atoms in total. The van der Waals surface area contributed by atoms with E-state index in [1.807, 2.05) is 24.3 Å². The van der Waals surface area contributed by atoms with Crippen LogP contribution in [0.5, 0.6) is 5.75 Å². The Kier molecular flexibility index (Phi) is 4.40. The number of hydrogen-bond acceptors (Lipinski definition) is 3. The van der Waals surface area contributed by atoms with Crippen molar-refractivity contribution in [2.45, 2.75) is 32.0 Å². The first-order chi connectivity index (χ1) is 8.33. The molecule has 2 unspecified atom stereocenters. The fourth-order valence-corrected chi connectivity index (χ4v) is 2.04. The highest BCUT2D eigenvalue weighted by atomic mass is 16.6. The van der Waals surface area contributed by atoms with Gasteiger partial charge in [0.2, 0.25) is 0 Å². The third-order valence-corrected chi connectivity index (χ3v) is 3.06. The molecule has 2 atom stereocenters. The molecule has 17 heavy (non-hydrogen) atoms. The van der Waals surface area contributed by atoms with Crippen molar-refractivity contribution in [3.05, 3.63) is 29.8 Å². The summed E-state index contributed by atoms with van der Waals surface area (Å²) in [6.45, 7) is 3.51. The molecule has 1 aliphatic heterocycles. The molecule has 0 bridgehead atoms. The Balaban J connectivity index is 1.91. The van der Waals surface area contributed by atoms with E-state index in [-0.39, 0.29) is 12.2 Å². The Hall–Kier alpha value is -1.06. The highest BCUT2D eigenvalue weighted by molar-refractivity contribution is 5.28. The minimum atomic E-state index is 0.0639. The minimum absolute atomic E-state index is 0.0639. The van der Waals surface area contributed by atoms with Gasteiger partial charge in [-0.3, -0.25) is 0 Å². The van der Waals surface area contributed by atoms with Gasteiger partial charge in [-0.05, 0) is 24.1 Å². The predicted octanol–water partition coefficient (Wildman–Crippen LogP) is 2.95. The van der Waals surface area contributed by atoms with E-state index in [4.69, 9.17) is 14.2 Å². The number of methoxy groups -OCH3 is 1. The summed E-state index contributed by atoms with van der Waals surface area (Å²) in [6, 6.07) is 7.98. The molecule has 0 radical (unpaired) electrons. The molecule has 1 aromatic carbocycles. The van der Waals surface area contributed by atoms with Crippen LogP contribution in [0.2, 0.25) is 0 Å². The van der Waals surface area contributed by atoms with Crippen molar-refractivity contribution in [3.8, 4) is 5.75 Å². The van der Waals surface area contributed by atoms with Gasteiger partial charge >= 0.3 is 0 Å². The Labute approximate surface area is 103 Å². The van der Waals surface area contributed by atoms with Gasteiger partial charge in [0.25, 0.3) is 0 Å². The van der Waals surface area contributed by atoms with Crippen LogP contribution in [0.25, 0.3) is 0 Å². The Morgan fingerprint density at radius 3 is 2.47 bits per heavy atom. The van der Waals surface area contributed by atoms with Crippen molar-refractivity contribution in [3.63, 3.8) is 0 Å². The van der Waals surface area contributed by atoms with Crippen LogP contribution in [0.4, 0.5) is 0 Å². The first-order valence-corrected chi connectivity index (χ1v) is 6.20. The van der Waals surface area contributed by atoms with Crippen molar-refractivity contribution in [1.29, 1.82) is 0 Å². The zero-order valence-corrected chi connectivity index (χ0v) is 10.5. The zero-order valence-electron chi connectivity index (χ0n) is 10.5. The fourth-order valence-electron chi connectivity index (χ4n) is 2.04. The van der Waals surface area contributed by atoms with Crippen LogP contribution in [-0.4, -0.2) is 26.4 Å². The van der Waals surface area contributed by atoms with E-state index in [1.54, 1.807) is 7.11 Å². The summed E-state index contributed by atoms with van der Waals surface area (Å²) in [6.07, 6.45) is 2.56. The predicted molar refractivity (Wildman–Crippen MR) is 66.3 cm³/mol. The van der Waals surface area contributed by atoms with Gasteiger partial charge in [-0.15, -0.1) is 0 Å². The van der Waals surface area contributed by atoms with Gasteiger partial charge < -0.3 is 14.2 Å². The van der Waals surface area contributed by atoms with Crippen LogP contribution < -0.4 is 4.74 Å². The average molecular weight is 236 g/mol. The largest absolute Gasteiger partial charge is 0.497 e. The van der Waals surface area contributed by atoms with Crippen LogP contribution in [0.3, 0.4) is 0 Å². The summed E-state index contributed by atoms with van der Waals surface area (Å²) < 4.78 is 16.8. The second-order valence-electron chi connectivity index (χ2n) is 4.34. The molecule has 1 heterocycles. The standard InChI is InChI=1S/C14H20O3/c1-3-4-13-9-17-14(10-16-13)11-5-7-12(15-2)8-6-11/h5-8,13-14H,3-4,9-10H2,1-2H3. The highest BCUT2D eigenvalue weighted by Crippen LogP contribution is 2.25. The van der Waals surface area contributed by atoms with Gasteiger partial charge in [-0.1, -0.05) is 25.5 Å². The number of hydrogen-bond donors (Lipinski definition) is 0. The molecule has 1 fully saturated rings. The zero-order chi connectivity index (χ0) is 12.1. The molecule has 3 heteroatoms. The summed E-state index contributed by atoms with van der Waals surface area (Å²) in [5.41, 5.74) is 1.15. The topological polar surface area (TPSA) is 27.7 Å². The molecule has 1 aliphatic rings. The molecule has 0 aliphatic carbocycles. The molecule has 1 aromatic rings. The lowest BCUT2D eigenvalue weighted by molar-refractivity contribution is -0.137. The molecule has 94 valence electrons. The van der Waals surface area contributed by atoms with Crippen molar-refractivity contribution in [2.75, 3.05) is 20.3 Å². The van der Waals surface area contributed by atoms with E-state index >= 15 is 0 Å². The van der Waals surface area contributed by atoms with Gasteiger partial charge in [-0.2, -0.15) is 0 Å². The second kappa shape index (κ2) is 6.03. The van der Waals surface area contributed by atoms with Crippen LogP contribution in [0, 0.1) is 0 Å². The third kappa shape index (κ3) is 3.20. The maximum Gasteiger partial charge on any atom is 0.118 e. The van der Waals surface area contributed by atoms with E-state index < -0.39 is 0 Å². The van der Waals surface area contributed by atoms with Crippen molar-refractivity contribution < 1.29 is 14.2 Å². The minimum Gasteiger partial charge on any atom is -0.497 e. The van der Waals surface area contributed by atoms with Crippen LogP contribution >= 0.6 is 0 Å². The van der Waals surface area contributed by atoms with Gasteiger partial charge in [0.15, 0.2) is 0 Å². The first kappa shape index (κ1) is 12.4. The number of ether oxygens (including phenoxy) is 3. The Morgan fingerprint density at radius 2 is 1.94 bits per heavy atom. The van der Waals surface area contributed by atoms with Crippen LogP contribution in [0.15, 0.2) is 24.3 Å². The fraction of sp³-hybridized carbons (Fsp3) is 0.571. The smallest absolute Gasteiger partial charge is 0.118 e. The molecule has 0 saturated carbocycles. The Morgan fingerprint density at radius 1 is 1.18 bits per heavy atom. The van der Waals surface area contributed by atoms with Gasteiger partial charge in [-0.25, -0.2) is 0 Å². The molecular formula is C14H20O3. The Bertz CT molecular complexity index is 326. The molecule has 0 aromatic heterocycles. The van der Waals surface area contributed by atoms with Crippen molar-refractivity contribution in [1.82, 2.24) is 0 Å². The molecule has 1 saturated heterocycles. The third-order valence-electron chi connectivity index (χ3n) is 3.06. The average Bonchev–Trinajstić information content (AvgIpc) is 2.40. The quantitative estimate of drug-likeness (QED) is 0.804. The summed E-state index contributed by atoms with van der Waals surface area (Å²) in [7, 11) is 1.67. The maximum absolute atomic E-state index is 5.84. The normalized spacial score (nSPS) is 24.6. The summed E-state index contributed by atoms with van der Waals surface area (Å²) >= 11 is 0. The summed E-state index contributed by atoms with van der Waals surface area (Å²) in [5, 5.41) is 0. The van der Waals surface area contributed by atoms with Crippen molar-refractivity contribution >= 4 is 0 Å². The monoisotopic (exact) mass is 236 g/mol. The molecule has 2 rings (SSSR count). The van der Waals surface area contributed by atoms with E-state index in [0.717, 1.165) is 24.2 Å². The summed E-state index contributed by atoms with van der Waals surface area (Å²) in [4.78, 5) is 0. The SMILES string of the molecule is CCCC1COC(c2ccc(OC)cc2)CO1. The molecule has 0 amide bonds. The maximum atomic E-state index is 5.84. The van der Waals surface area contributed by atoms with Crippen molar-refractivity contribution in [2.24, 2.45) is 0 Å². The molecule has 0 spiro atoms. The van der Waals surface area contributed by atoms with E-state index in [2.05, 4.69) is 6.92 Å². The second-order valence-corrected chi connectivity index (χ2v) is 4.34. The van der Waals surface area contributed by atoms with Crippen LogP contribution in [-0.2, 0) is 9.47 Å². The summed E-state index contributed by atoms with van der Waals surface area (Å²) in [5.74, 6) is 0.870. The van der Waals surface area contributed by atoms with Gasteiger partial charge in [0.1, 0.15) is 11.9 Å². The lowest BCUT2D eigenvalue weighted by atomic mass is 10.1. The molecule has 0 N–H and O–H groups in total. The molecular weight excluding hydrogens is 216 g/mol.